The molecule has 0 fully saturated rings. The lowest BCUT2D eigenvalue weighted by Gasteiger charge is -2.36. The SMILES string of the molecule is NC1(Cc2cccc(Br)c2)CCCc2ccccc21. The van der Waals surface area contributed by atoms with E-state index >= 15 is 0 Å². The average molecular weight is 316 g/mol. The van der Waals surface area contributed by atoms with Crippen LogP contribution in [0, 0.1) is 0 Å². The molecule has 0 aliphatic heterocycles. The van der Waals surface area contributed by atoms with Crippen LogP contribution in [0.4, 0.5) is 0 Å². The van der Waals surface area contributed by atoms with Gasteiger partial charge in [-0.3, -0.25) is 0 Å². The Morgan fingerprint density at radius 3 is 2.79 bits per heavy atom. The highest BCUT2D eigenvalue weighted by atomic mass is 79.9. The first-order valence-corrected chi connectivity index (χ1v) is 7.58. The number of aryl methyl sites for hydroxylation is 1. The fraction of sp³-hybridized carbons (Fsp3) is 0.294. The van der Waals surface area contributed by atoms with E-state index in [4.69, 9.17) is 5.73 Å². The third kappa shape index (κ3) is 2.60. The second-order valence-electron chi connectivity index (χ2n) is 5.47. The summed E-state index contributed by atoms with van der Waals surface area (Å²) in [4.78, 5) is 0. The van der Waals surface area contributed by atoms with Crippen LogP contribution < -0.4 is 5.73 Å². The first-order valence-electron chi connectivity index (χ1n) is 6.79. The summed E-state index contributed by atoms with van der Waals surface area (Å²) in [6.45, 7) is 0. The van der Waals surface area contributed by atoms with Crippen LogP contribution >= 0.6 is 15.9 Å². The van der Waals surface area contributed by atoms with Crippen LogP contribution in [0.2, 0.25) is 0 Å². The van der Waals surface area contributed by atoms with Crippen molar-refractivity contribution < 1.29 is 0 Å². The molecule has 2 aromatic carbocycles. The van der Waals surface area contributed by atoms with Crippen LogP contribution in [0.15, 0.2) is 53.0 Å². The van der Waals surface area contributed by atoms with Crippen molar-refractivity contribution in [3.63, 3.8) is 0 Å². The van der Waals surface area contributed by atoms with E-state index in [0.29, 0.717) is 0 Å². The largest absolute Gasteiger partial charge is 0.321 e. The standard InChI is InChI=1S/C17H18BrN/c18-15-8-3-5-13(11-15)12-17(19)10-4-7-14-6-1-2-9-16(14)17/h1-3,5-6,8-9,11H,4,7,10,12,19H2. The number of nitrogens with two attached hydrogens (primary N) is 1. The van der Waals surface area contributed by atoms with Gasteiger partial charge in [0, 0.05) is 10.0 Å². The van der Waals surface area contributed by atoms with Gasteiger partial charge >= 0.3 is 0 Å². The van der Waals surface area contributed by atoms with Gasteiger partial charge in [-0.25, -0.2) is 0 Å². The number of rotatable bonds is 2. The summed E-state index contributed by atoms with van der Waals surface area (Å²) in [6.07, 6.45) is 4.31. The second-order valence-corrected chi connectivity index (χ2v) is 6.39. The van der Waals surface area contributed by atoms with Gasteiger partial charge in [0.05, 0.1) is 0 Å². The van der Waals surface area contributed by atoms with Crippen molar-refractivity contribution >= 4 is 15.9 Å². The van der Waals surface area contributed by atoms with E-state index in [-0.39, 0.29) is 5.54 Å². The summed E-state index contributed by atoms with van der Waals surface area (Å²) in [5.41, 5.74) is 10.6. The molecule has 2 N–H and O–H groups in total. The summed E-state index contributed by atoms with van der Waals surface area (Å²) >= 11 is 3.54. The van der Waals surface area contributed by atoms with Gasteiger partial charge in [-0.1, -0.05) is 52.3 Å². The zero-order chi connectivity index (χ0) is 13.3. The van der Waals surface area contributed by atoms with E-state index < -0.39 is 0 Å². The van der Waals surface area contributed by atoms with Crippen molar-refractivity contribution in [3.8, 4) is 0 Å². The third-order valence-electron chi connectivity index (χ3n) is 4.03. The maximum Gasteiger partial charge on any atom is 0.0453 e. The summed E-state index contributed by atoms with van der Waals surface area (Å²) in [5, 5.41) is 0. The summed E-state index contributed by atoms with van der Waals surface area (Å²) < 4.78 is 1.12. The fourth-order valence-corrected chi connectivity index (χ4v) is 3.59. The molecule has 0 saturated heterocycles. The van der Waals surface area contributed by atoms with Crippen LogP contribution in [0.5, 0.6) is 0 Å². The minimum atomic E-state index is -0.213. The van der Waals surface area contributed by atoms with Crippen LogP contribution in [-0.4, -0.2) is 0 Å². The van der Waals surface area contributed by atoms with Gasteiger partial charge in [0.15, 0.2) is 0 Å². The quantitative estimate of drug-likeness (QED) is 0.883. The van der Waals surface area contributed by atoms with E-state index in [0.717, 1.165) is 23.7 Å². The molecule has 2 heteroatoms. The minimum Gasteiger partial charge on any atom is -0.321 e. The Morgan fingerprint density at radius 2 is 1.95 bits per heavy atom. The van der Waals surface area contributed by atoms with Gasteiger partial charge in [0.1, 0.15) is 0 Å². The van der Waals surface area contributed by atoms with Gasteiger partial charge in [-0.2, -0.15) is 0 Å². The summed E-state index contributed by atoms with van der Waals surface area (Å²) in [5.74, 6) is 0. The van der Waals surface area contributed by atoms with Gasteiger partial charge in [0.2, 0.25) is 0 Å². The predicted octanol–water partition coefficient (Wildman–Crippen LogP) is 4.18. The monoisotopic (exact) mass is 315 g/mol. The lowest BCUT2D eigenvalue weighted by molar-refractivity contribution is 0.369. The smallest absolute Gasteiger partial charge is 0.0453 e. The lowest BCUT2D eigenvalue weighted by Crippen LogP contribution is -2.42. The highest BCUT2D eigenvalue weighted by molar-refractivity contribution is 9.10. The fourth-order valence-electron chi connectivity index (χ4n) is 3.15. The molecule has 1 atom stereocenters. The molecule has 1 unspecified atom stereocenters. The Morgan fingerprint density at radius 1 is 1.11 bits per heavy atom. The molecule has 98 valence electrons. The molecular weight excluding hydrogens is 298 g/mol. The highest BCUT2D eigenvalue weighted by Crippen LogP contribution is 2.36. The van der Waals surface area contributed by atoms with Crippen molar-refractivity contribution in [1.29, 1.82) is 0 Å². The lowest BCUT2D eigenvalue weighted by atomic mass is 9.74. The number of halogens is 1. The highest BCUT2D eigenvalue weighted by Gasteiger charge is 2.32. The predicted molar refractivity (Wildman–Crippen MR) is 83.1 cm³/mol. The van der Waals surface area contributed by atoms with E-state index in [1.807, 2.05) is 0 Å². The molecule has 1 nitrogen and oxygen atoms in total. The number of fused-ring (bicyclic) bond motifs is 1. The van der Waals surface area contributed by atoms with Crippen molar-refractivity contribution in [3.05, 3.63) is 69.7 Å². The van der Waals surface area contributed by atoms with Crippen LogP contribution in [0.3, 0.4) is 0 Å². The molecule has 0 amide bonds. The molecule has 0 radical (unpaired) electrons. The number of hydrogen-bond donors (Lipinski definition) is 1. The molecule has 0 spiro atoms. The topological polar surface area (TPSA) is 26.0 Å². The molecule has 1 aliphatic carbocycles. The molecule has 3 rings (SSSR count). The number of benzene rings is 2. The first-order chi connectivity index (χ1) is 9.17. The number of hydrogen-bond acceptors (Lipinski definition) is 1. The van der Waals surface area contributed by atoms with Crippen molar-refractivity contribution in [2.45, 2.75) is 31.2 Å². The van der Waals surface area contributed by atoms with Crippen LogP contribution in [0.1, 0.15) is 29.5 Å². The zero-order valence-corrected chi connectivity index (χ0v) is 12.5. The van der Waals surface area contributed by atoms with Gasteiger partial charge in [0.25, 0.3) is 0 Å². The van der Waals surface area contributed by atoms with Crippen LogP contribution in [-0.2, 0) is 18.4 Å². The Kier molecular flexibility index (Phi) is 3.46. The van der Waals surface area contributed by atoms with Gasteiger partial charge in [-0.15, -0.1) is 0 Å². The molecule has 0 aromatic heterocycles. The first kappa shape index (κ1) is 12.9. The van der Waals surface area contributed by atoms with E-state index in [1.54, 1.807) is 0 Å². The Hall–Kier alpha value is -1.12. The van der Waals surface area contributed by atoms with Crippen molar-refractivity contribution in [2.75, 3.05) is 0 Å². The van der Waals surface area contributed by atoms with Crippen LogP contribution in [0.25, 0.3) is 0 Å². The minimum absolute atomic E-state index is 0.213. The Balaban J connectivity index is 1.96. The van der Waals surface area contributed by atoms with Gasteiger partial charge < -0.3 is 5.73 Å². The second kappa shape index (κ2) is 5.10. The third-order valence-corrected chi connectivity index (χ3v) is 4.52. The zero-order valence-electron chi connectivity index (χ0n) is 10.9. The maximum atomic E-state index is 6.74. The van der Waals surface area contributed by atoms with E-state index in [9.17, 15) is 0 Å². The van der Waals surface area contributed by atoms with E-state index in [2.05, 4.69) is 64.5 Å². The molecule has 0 bridgehead atoms. The average Bonchev–Trinajstić information content (AvgIpc) is 2.39. The summed E-state index contributed by atoms with van der Waals surface area (Å²) in [7, 11) is 0. The maximum absolute atomic E-state index is 6.74. The molecule has 19 heavy (non-hydrogen) atoms. The Labute approximate surface area is 123 Å². The molecule has 2 aromatic rings. The van der Waals surface area contributed by atoms with Crippen molar-refractivity contribution in [2.24, 2.45) is 5.73 Å². The summed E-state index contributed by atoms with van der Waals surface area (Å²) in [6, 6.07) is 17.1. The Bertz CT molecular complexity index is 593. The van der Waals surface area contributed by atoms with E-state index in [1.165, 1.54) is 23.1 Å². The molecular formula is C17H18BrN. The molecule has 0 heterocycles. The van der Waals surface area contributed by atoms with Crippen molar-refractivity contribution in [1.82, 2.24) is 0 Å². The van der Waals surface area contributed by atoms with Gasteiger partial charge in [-0.05, 0) is 54.5 Å². The molecule has 1 aliphatic rings. The molecule has 0 saturated carbocycles. The normalized spacial score (nSPS) is 22.0.